The van der Waals surface area contributed by atoms with Gasteiger partial charge in [0, 0.05) is 49.2 Å². The topological polar surface area (TPSA) is 65.1 Å². The maximum atomic E-state index is 13.1. The fourth-order valence-electron chi connectivity index (χ4n) is 4.50. The molecule has 1 saturated heterocycles. The number of pyridine rings is 1. The third-order valence-electron chi connectivity index (χ3n) is 5.91. The number of aromatic amines is 1. The van der Waals surface area contributed by atoms with Gasteiger partial charge in [-0.2, -0.15) is 5.10 Å². The lowest BCUT2D eigenvalue weighted by Gasteiger charge is -2.36. The molecule has 2 aromatic rings. The van der Waals surface area contributed by atoms with E-state index in [4.69, 9.17) is 0 Å². The Kier molecular flexibility index (Phi) is 5.14. The molecule has 0 radical (unpaired) electrons. The molecule has 6 heteroatoms. The number of aryl methyl sites for hydroxylation is 2. The van der Waals surface area contributed by atoms with E-state index < -0.39 is 0 Å². The Labute approximate surface area is 161 Å². The molecule has 3 heterocycles. The van der Waals surface area contributed by atoms with Crippen LogP contribution in [-0.2, 0) is 0 Å². The van der Waals surface area contributed by atoms with Gasteiger partial charge in [0.05, 0.1) is 17.5 Å². The zero-order valence-electron chi connectivity index (χ0n) is 16.4. The van der Waals surface area contributed by atoms with Crippen LogP contribution in [0.4, 0.5) is 5.69 Å². The first-order valence-corrected chi connectivity index (χ1v) is 10.1. The second kappa shape index (κ2) is 7.71. The molecule has 2 aromatic heterocycles. The van der Waals surface area contributed by atoms with Crippen LogP contribution in [0.15, 0.2) is 18.3 Å². The number of hydrogen-bond donors (Lipinski definition) is 1. The molecule has 144 valence electrons. The number of amides is 1. The molecule has 1 aliphatic heterocycles. The standard InChI is InChI=1S/C21H29N5O/c1-15-12-18(13-16(2)23-15)25-8-10-26(11-9-25)21(27)19-14-22-24-20(19)17-6-4-3-5-7-17/h12-14,17H,3-11H2,1-2H3,(H,22,24). The Morgan fingerprint density at radius 3 is 2.37 bits per heavy atom. The van der Waals surface area contributed by atoms with Gasteiger partial charge in [-0.05, 0) is 38.8 Å². The molecular formula is C21H29N5O. The highest BCUT2D eigenvalue weighted by Gasteiger charge is 2.28. The van der Waals surface area contributed by atoms with E-state index in [-0.39, 0.29) is 5.91 Å². The minimum absolute atomic E-state index is 0.131. The van der Waals surface area contributed by atoms with Gasteiger partial charge in [-0.15, -0.1) is 0 Å². The van der Waals surface area contributed by atoms with Gasteiger partial charge >= 0.3 is 0 Å². The molecule has 1 N–H and O–H groups in total. The summed E-state index contributed by atoms with van der Waals surface area (Å²) in [6, 6.07) is 4.25. The maximum absolute atomic E-state index is 13.1. The first-order chi connectivity index (χ1) is 13.1. The Morgan fingerprint density at radius 1 is 1.04 bits per heavy atom. The highest BCUT2D eigenvalue weighted by molar-refractivity contribution is 5.95. The summed E-state index contributed by atoms with van der Waals surface area (Å²) >= 11 is 0. The van der Waals surface area contributed by atoms with Crippen LogP contribution in [0.3, 0.4) is 0 Å². The summed E-state index contributed by atoms with van der Waals surface area (Å²) in [4.78, 5) is 21.9. The summed E-state index contributed by atoms with van der Waals surface area (Å²) in [5.74, 6) is 0.593. The SMILES string of the molecule is Cc1cc(N2CCN(C(=O)c3cn[nH]c3C3CCCCC3)CC2)cc(C)n1. The Balaban J connectivity index is 1.43. The number of carbonyl (C=O) groups excluding carboxylic acids is 1. The van der Waals surface area contributed by atoms with Crippen LogP contribution in [0, 0.1) is 13.8 Å². The summed E-state index contributed by atoms with van der Waals surface area (Å²) < 4.78 is 0. The molecule has 4 rings (SSSR count). The maximum Gasteiger partial charge on any atom is 0.257 e. The molecule has 1 aliphatic carbocycles. The van der Waals surface area contributed by atoms with Crippen LogP contribution in [0.25, 0.3) is 0 Å². The van der Waals surface area contributed by atoms with Crippen LogP contribution < -0.4 is 4.90 Å². The van der Waals surface area contributed by atoms with Crippen LogP contribution in [0.2, 0.25) is 0 Å². The molecule has 2 aliphatic rings. The highest BCUT2D eigenvalue weighted by atomic mass is 16.2. The second-order valence-corrected chi connectivity index (χ2v) is 7.92. The summed E-state index contributed by atoms with van der Waals surface area (Å²) in [5.41, 5.74) is 5.13. The van der Waals surface area contributed by atoms with Gasteiger partial charge in [0.25, 0.3) is 5.91 Å². The van der Waals surface area contributed by atoms with Gasteiger partial charge in [-0.3, -0.25) is 14.9 Å². The zero-order valence-corrected chi connectivity index (χ0v) is 16.4. The zero-order chi connectivity index (χ0) is 18.8. The number of H-pyrrole nitrogens is 1. The van der Waals surface area contributed by atoms with E-state index in [1.807, 2.05) is 18.7 Å². The molecule has 1 saturated carbocycles. The largest absolute Gasteiger partial charge is 0.368 e. The lowest BCUT2D eigenvalue weighted by Crippen LogP contribution is -2.49. The van der Waals surface area contributed by atoms with E-state index in [0.717, 1.165) is 61.7 Å². The Bertz CT molecular complexity index is 780. The van der Waals surface area contributed by atoms with Crippen molar-refractivity contribution in [1.29, 1.82) is 0 Å². The minimum atomic E-state index is 0.131. The van der Waals surface area contributed by atoms with Crippen LogP contribution in [0.1, 0.15) is 65.5 Å². The molecular weight excluding hydrogens is 338 g/mol. The third kappa shape index (κ3) is 3.84. The predicted octanol–water partition coefficient (Wildman–Crippen LogP) is 3.43. The van der Waals surface area contributed by atoms with Crippen LogP contribution in [-0.4, -0.2) is 52.2 Å². The molecule has 27 heavy (non-hydrogen) atoms. The fraction of sp³-hybridized carbons (Fsp3) is 0.571. The summed E-state index contributed by atoms with van der Waals surface area (Å²) in [6.07, 6.45) is 7.87. The minimum Gasteiger partial charge on any atom is -0.368 e. The van der Waals surface area contributed by atoms with E-state index in [1.165, 1.54) is 24.9 Å². The average Bonchev–Trinajstić information content (AvgIpc) is 3.17. The number of piperazine rings is 1. The van der Waals surface area contributed by atoms with Gasteiger partial charge in [-0.1, -0.05) is 19.3 Å². The van der Waals surface area contributed by atoms with Gasteiger partial charge in [0.15, 0.2) is 0 Å². The van der Waals surface area contributed by atoms with Crippen molar-refractivity contribution in [2.45, 2.75) is 51.9 Å². The van der Waals surface area contributed by atoms with Gasteiger partial charge in [-0.25, -0.2) is 0 Å². The third-order valence-corrected chi connectivity index (χ3v) is 5.91. The molecule has 0 atom stereocenters. The number of aromatic nitrogens is 3. The molecule has 6 nitrogen and oxygen atoms in total. The Morgan fingerprint density at radius 2 is 1.70 bits per heavy atom. The summed E-state index contributed by atoms with van der Waals surface area (Å²) in [7, 11) is 0. The quantitative estimate of drug-likeness (QED) is 0.903. The lowest BCUT2D eigenvalue weighted by molar-refractivity contribution is 0.0745. The average molecular weight is 367 g/mol. The highest BCUT2D eigenvalue weighted by Crippen LogP contribution is 2.33. The fourth-order valence-corrected chi connectivity index (χ4v) is 4.50. The number of carbonyl (C=O) groups is 1. The molecule has 0 aromatic carbocycles. The number of nitrogens with zero attached hydrogens (tertiary/aromatic N) is 4. The lowest BCUT2D eigenvalue weighted by atomic mass is 9.85. The van der Waals surface area contributed by atoms with Gasteiger partial charge in [0.1, 0.15) is 0 Å². The Hall–Kier alpha value is -2.37. The van der Waals surface area contributed by atoms with Crippen molar-refractivity contribution in [2.24, 2.45) is 0 Å². The van der Waals surface area contributed by atoms with Crippen LogP contribution in [0.5, 0.6) is 0 Å². The molecule has 0 spiro atoms. The number of nitrogens with one attached hydrogen (secondary N) is 1. The monoisotopic (exact) mass is 367 g/mol. The van der Waals surface area contributed by atoms with Crippen molar-refractivity contribution >= 4 is 11.6 Å². The molecule has 0 unspecified atom stereocenters. The molecule has 0 bridgehead atoms. The van der Waals surface area contributed by atoms with Crippen LogP contribution >= 0.6 is 0 Å². The molecule has 2 fully saturated rings. The van der Waals surface area contributed by atoms with E-state index in [1.54, 1.807) is 6.20 Å². The van der Waals surface area contributed by atoms with Crippen molar-refractivity contribution in [3.05, 3.63) is 41.0 Å². The van der Waals surface area contributed by atoms with Crippen molar-refractivity contribution in [3.63, 3.8) is 0 Å². The van der Waals surface area contributed by atoms with E-state index in [0.29, 0.717) is 5.92 Å². The van der Waals surface area contributed by atoms with Crippen molar-refractivity contribution in [3.8, 4) is 0 Å². The van der Waals surface area contributed by atoms with Crippen molar-refractivity contribution in [1.82, 2.24) is 20.1 Å². The first kappa shape index (κ1) is 18.0. The summed E-state index contributed by atoms with van der Waals surface area (Å²) in [6.45, 7) is 7.25. The normalized spacial score (nSPS) is 18.7. The van der Waals surface area contributed by atoms with Crippen molar-refractivity contribution < 1.29 is 4.79 Å². The molecule has 1 amide bonds. The van der Waals surface area contributed by atoms with E-state index in [2.05, 4.69) is 32.2 Å². The summed E-state index contributed by atoms with van der Waals surface area (Å²) in [5, 5.41) is 7.33. The smallest absolute Gasteiger partial charge is 0.257 e. The van der Waals surface area contributed by atoms with Gasteiger partial charge < -0.3 is 9.80 Å². The number of hydrogen-bond acceptors (Lipinski definition) is 4. The first-order valence-electron chi connectivity index (χ1n) is 10.1. The predicted molar refractivity (Wildman–Crippen MR) is 106 cm³/mol. The van der Waals surface area contributed by atoms with E-state index >= 15 is 0 Å². The van der Waals surface area contributed by atoms with Crippen molar-refractivity contribution in [2.75, 3.05) is 31.1 Å². The van der Waals surface area contributed by atoms with Gasteiger partial charge in [0.2, 0.25) is 0 Å². The number of rotatable bonds is 3. The number of anilines is 1. The van der Waals surface area contributed by atoms with E-state index in [9.17, 15) is 4.79 Å². The second-order valence-electron chi connectivity index (χ2n) is 7.92.